The van der Waals surface area contributed by atoms with Crippen molar-refractivity contribution in [2.24, 2.45) is 0 Å². The lowest BCUT2D eigenvalue weighted by molar-refractivity contribution is 0.473. The Kier molecular flexibility index (Phi) is 12.9. The van der Waals surface area contributed by atoms with Crippen LogP contribution in [0.3, 0.4) is 0 Å². The lowest BCUT2D eigenvalue weighted by atomic mass is 9.80. The fourth-order valence-electron chi connectivity index (χ4n) is 10.3. The smallest absolute Gasteiger partial charge is 0.0705 e. The van der Waals surface area contributed by atoms with Crippen molar-refractivity contribution in [2.75, 3.05) is 0 Å². The lowest BCUT2D eigenvalue weighted by Crippen LogP contribution is -2.16. The summed E-state index contributed by atoms with van der Waals surface area (Å²) in [6, 6.07) is 85.5. The van der Waals surface area contributed by atoms with Crippen molar-refractivity contribution in [1.29, 1.82) is 0 Å². The van der Waals surface area contributed by atoms with Crippen molar-refractivity contribution in [3.63, 3.8) is 0 Å². The molecule has 72 heavy (non-hydrogen) atoms. The molecule has 8 aromatic carbocycles. The van der Waals surface area contributed by atoms with Crippen molar-refractivity contribution in [3.05, 3.63) is 261 Å². The van der Waals surface area contributed by atoms with Gasteiger partial charge in [-0.3, -0.25) is 15.0 Å². The highest BCUT2D eigenvalue weighted by Crippen LogP contribution is 2.45. The van der Waals surface area contributed by atoms with Gasteiger partial charge in [0, 0.05) is 35.3 Å². The second kappa shape index (κ2) is 20.3. The van der Waals surface area contributed by atoms with Gasteiger partial charge in [0.15, 0.2) is 0 Å². The Hall–Kier alpha value is -8.79. The molecule has 3 nitrogen and oxygen atoms in total. The van der Waals surface area contributed by atoms with Gasteiger partial charge in [0.2, 0.25) is 0 Å². The molecule has 11 rings (SSSR count). The first-order valence-corrected chi connectivity index (χ1v) is 25.0. The standard InChI is InChI=1S/C69H55N3/c1-4-39-69(2,3)57-38-42-72-68(47-57)53-36-37-64(65(46-53)48-18-6-5-7-19-48)63-25-13-12-24-62(63)56-44-54(60-22-10-8-20-58(60)49-28-32-51(33-29-49)66-26-14-16-40-70-66)43-55(45-56)61-23-11-9-21-59(61)50-30-34-52(35-31-50)67-27-15-17-41-71-67/h5-38,40-47H,4,39H2,1-3H3. The molecule has 0 saturated heterocycles. The number of pyridine rings is 3. The van der Waals surface area contributed by atoms with Gasteiger partial charge in [-0.15, -0.1) is 0 Å². The maximum absolute atomic E-state index is 4.95. The average Bonchev–Trinajstić information content (AvgIpc) is 3.45. The van der Waals surface area contributed by atoms with Crippen molar-refractivity contribution in [3.8, 4) is 112 Å². The van der Waals surface area contributed by atoms with E-state index in [2.05, 4.69) is 243 Å². The van der Waals surface area contributed by atoms with E-state index in [1.165, 1.54) is 5.56 Å². The van der Waals surface area contributed by atoms with E-state index in [1.54, 1.807) is 0 Å². The highest BCUT2D eigenvalue weighted by molar-refractivity contribution is 5.97. The summed E-state index contributed by atoms with van der Waals surface area (Å²) in [6.45, 7) is 6.94. The summed E-state index contributed by atoms with van der Waals surface area (Å²) in [7, 11) is 0. The first kappa shape index (κ1) is 45.6. The van der Waals surface area contributed by atoms with Crippen LogP contribution >= 0.6 is 0 Å². The predicted octanol–water partition coefficient (Wildman–Crippen LogP) is 18.6. The number of rotatable bonds is 13. The topological polar surface area (TPSA) is 38.7 Å². The minimum Gasteiger partial charge on any atom is -0.256 e. The van der Waals surface area contributed by atoms with E-state index < -0.39 is 0 Å². The third-order valence-electron chi connectivity index (χ3n) is 14.1. The molecule has 11 aromatic rings. The van der Waals surface area contributed by atoms with Crippen LogP contribution in [0.1, 0.15) is 39.2 Å². The van der Waals surface area contributed by atoms with Crippen molar-refractivity contribution in [2.45, 2.75) is 39.0 Å². The Labute approximate surface area is 424 Å². The van der Waals surface area contributed by atoms with E-state index >= 15 is 0 Å². The van der Waals surface area contributed by atoms with Crippen LogP contribution < -0.4 is 0 Å². The van der Waals surface area contributed by atoms with Gasteiger partial charge in [0.25, 0.3) is 0 Å². The van der Waals surface area contributed by atoms with Gasteiger partial charge in [-0.1, -0.05) is 203 Å². The van der Waals surface area contributed by atoms with E-state index in [-0.39, 0.29) is 5.41 Å². The monoisotopic (exact) mass is 925 g/mol. The fraction of sp³-hybridized carbons (Fsp3) is 0.0870. The second-order valence-corrected chi connectivity index (χ2v) is 19.2. The number of benzene rings is 8. The van der Waals surface area contributed by atoms with E-state index in [4.69, 9.17) is 4.98 Å². The van der Waals surface area contributed by atoms with Gasteiger partial charge in [0.1, 0.15) is 0 Å². The quantitative estimate of drug-likeness (QED) is 0.116. The molecule has 3 heterocycles. The predicted molar refractivity (Wildman–Crippen MR) is 302 cm³/mol. The molecule has 0 aliphatic rings. The van der Waals surface area contributed by atoms with E-state index in [1.807, 2.05) is 42.9 Å². The van der Waals surface area contributed by atoms with E-state index in [0.717, 1.165) is 125 Å². The van der Waals surface area contributed by atoms with E-state index in [0.29, 0.717) is 0 Å². The summed E-state index contributed by atoms with van der Waals surface area (Å²) in [5.74, 6) is 0. The second-order valence-electron chi connectivity index (χ2n) is 19.2. The van der Waals surface area contributed by atoms with Gasteiger partial charge in [-0.2, -0.15) is 0 Å². The fourth-order valence-corrected chi connectivity index (χ4v) is 10.3. The zero-order valence-corrected chi connectivity index (χ0v) is 41.0. The zero-order chi connectivity index (χ0) is 48.9. The van der Waals surface area contributed by atoms with E-state index in [9.17, 15) is 0 Å². The minimum atomic E-state index is 0.0530. The molecular formula is C69H55N3. The van der Waals surface area contributed by atoms with Crippen LogP contribution in [-0.4, -0.2) is 15.0 Å². The van der Waals surface area contributed by atoms with Crippen molar-refractivity contribution >= 4 is 0 Å². The Morgan fingerprint density at radius 1 is 0.278 bits per heavy atom. The Morgan fingerprint density at radius 2 is 0.667 bits per heavy atom. The average molecular weight is 926 g/mol. The van der Waals surface area contributed by atoms with Gasteiger partial charge in [-0.25, -0.2) is 0 Å². The third-order valence-corrected chi connectivity index (χ3v) is 14.1. The highest BCUT2D eigenvalue weighted by atomic mass is 14.7. The number of nitrogens with zero attached hydrogens (tertiary/aromatic N) is 3. The molecule has 0 aliphatic carbocycles. The van der Waals surface area contributed by atoms with Crippen LogP contribution in [0.2, 0.25) is 0 Å². The van der Waals surface area contributed by atoms with Gasteiger partial charge < -0.3 is 0 Å². The van der Waals surface area contributed by atoms with Crippen LogP contribution in [0.4, 0.5) is 0 Å². The Bertz CT molecular complexity index is 3490. The summed E-state index contributed by atoms with van der Waals surface area (Å²) in [5.41, 5.74) is 23.7. The van der Waals surface area contributed by atoms with Crippen LogP contribution in [0, 0.1) is 0 Å². The molecule has 0 bridgehead atoms. The van der Waals surface area contributed by atoms with Crippen LogP contribution in [0.15, 0.2) is 255 Å². The molecule has 0 aliphatic heterocycles. The molecule has 3 aromatic heterocycles. The third kappa shape index (κ3) is 9.45. The Morgan fingerprint density at radius 3 is 1.15 bits per heavy atom. The Balaban J connectivity index is 1.08. The van der Waals surface area contributed by atoms with Crippen LogP contribution in [0.25, 0.3) is 112 Å². The first-order valence-electron chi connectivity index (χ1n) is 25.0. The zero-order valence-electron chi connectivity index (χ0n) is 41.0. The molecule has 0 atom stereocenters. The molecule has 346 valence electrons. The van der Waals surface area contributed by atoms with Gasteiger partial charge in [0.05, 0.1) is 17.1 Å². The van der Waals surface area contributed by atoms with Crippen LogP contribution in [0.5, 0.6) is 0 Å². The first-order chi connectivity index (χ1) is 35.4. The minimum absolute atomic E-state index is 0.0530. The molecule has 0 spiro atoms. The molecule has 0 amide bonds. The largest absolute Gasteiger partial charge is 0.256 e. The number of hydrogen-bond acceptors (Lipinski definition) is 3. The summed E-state index contributed by atoms with van der Waals surface area (Å²) in [4.78, 5) is 14.2. The van der Waals surface area contributed by atoms with Gasteiger partial charge >= 0.3 is 0 Å². The summed E-state index contributed by atoms with van der Waals surface area (Å²) in [5, 5.41) is 0. The molecule has 0 unspecified atom stereocenters. The normalized spacial score (nSPS) is 11.4. The van der Waals surface area contributed by atoms with Crippen molar-refractivity contribution in [1.82, 2.24) is 15.0 Å². The number of hydrogen-bond donors (Lipinski definition) is 0. The molecule has 0 fully saturated rings. The van der Waals surface area contributed by atoms with Crippen molar-refractivity contribution < 1.29 is 0 Å². The molecular weight excluding hydrogens is 871 g/mol. The summed E-state index contributed by atoms with van der Waals surface area (Å²) < 4.78 is 0. The molecule has 0 N–H and O–H groups in total. The molecule has 0 saturated carbocycles. The summed E-state index contributed by atoms with van der Waals surface area (Å²) >= 11 is 0. The highest BCUT2D eigenvalue weighted by Gasteiger charge is 2.22. The lowest BCUT2D eigenvalue weighted by Gasteiger charge is -2.25. The SMILES string of the molecule is CCCC(C)(C)c1ccnc(-c2ccc(-c3ccccc3-c3cc(-c4ccccc4-c4ccc(-c5ccccn5)cc4)cc(-c4ccccc4-c4ccc(-c5ccccn5)cc4)c3)c(-c3ccccc3)c2)c1. The maximum Gasteiger partial charge on any atom is 0.0705 e. The number of aromatic nitrogens is 3. The van der Waals surface area contributed by atoms with Crippen LogP contribution in [-0.2, 0) is 5.41 Å². The molecule has 3 heteroatoms. The van der Waals surface area contributed by atoms with Gasteiger partial charge in [-0.05, 0) is 156 Å². The maximum atomic E-state index is 4.95. The summed E-state index contributed by atoms with van der Waals surface area (Å²) in [6.07, 6.45) is 7.91. The molecule has 0 radical (unpaired) electrons.